The summed E-state index contributed by atoms with van der Waals surface area (Å²) in [5.74, 6) is 0.214. The minimum Gasteiger partial charge on any atom is -0.336 e. The van der Waals surface area contributed by atoms with Gasteiger partial charge in [-0.2, -0.15) is 0 Å². The summed E-state index contributed by atoms with van der Waals surface area (Å²) in [7, 11) is 0. The number of hydrogen-bond acceptors (Lipinski definition) is 3. The van der Waals surface area contributed by atoms with E-state index in [9.17, 15) is 9.59 Å². The Hall–Kier alpha value is -2.08. The molecule has 25 heavy (non-hydrogen) atoms. The molecule has 1 N–H and O–H groups in total. The van der Waals surface area contributed by atoms with E-state index in [0.29, 0.717) is 12.5 Å². The normalized spacial score (nSPS) is 23.7. The van der Waals surface area contributed by atoms with E-state index in [1.54, 1.807) is 0 Å². The Morgan fingerprint density at radius 3 is 2.92 bits per heavy atom. The van der Waals surface area contributed by atoms with E-state index in [1.807, 2.05) is 28.0 Å². The number of nitrogens with zero attached hydrogens (tertiary/aromatic N) is 3. The van der Waals surface area contributed by atoms with E-state index in [1.165, 1.54) is 5.56 Å². The number of fused-ring (bicyclic) bond motifs is 1. The number of piperidine rings is 1. The maximum atomic E-state index is 12.7. The molecule has 0 unspecified atom stereocenters. The van der Waals surface area contributed by atoms with Crippen LogP contribution in [0, 0.1) is 0 Å². The third-order valence-corrected chi connectivity index (χ3v) is 5.64. The maximum absolute atomic E-state index is 12.7. The van der Waals surface area contributed by atoms with Crippen molar-refractivity contribution in [2.45, 2.75) is 31.7 Å². The standard InChI is InChI=1S/C19H26N4O2/c24-18(23-12-7-15-4-1-2-6-17(15)23)8-11-21-10-3-5-16(14-21)22-13-9-20-19(22)25/h1-2,4,6,16H,3,5,7-14H2,(H,20,25)/t16-/m0/s1. The molecule has 6 heteroatoms. The molecule has 1 aromatic rings. The van der Waals surface area contributed by atoms with Crippen molar-refractivity contribution in [1.82, 2.24) is 15.1 Å². The highest BCUT2D eigenvalue weighted by Gasteiger charge is 2.31. The van der Waals surface area contributed by atoms with E-state index in [4.69, 9.17) is 0 Å². The second-order valence-corrected chi connectivity index (χ2v) is 7.20. The first-order valence-electron chi connectivity index (χ1n) is 9.37. The summed E-state index contributed by atoms with van der Waals surface area (Å²) in [6, 6.07) is 8.55. The molecule has 0 bridgehead atoms. The van der Waals surface area contributed by atoms with Gasteiger partial charge in [0.2, 0.25) is 5.91 Å². The highest BCUT2D eigenvalue weighted by Crippen LogP contribution is 2.28. The summed E-state index contributed by atoms with van der Waals surface area (Å²) in [6.07, 6.45) is 3.66. The third-order valence-electron chi connectivity index (χ3n) is 5.64. The molecule has 3 aliphatic rings. The van der Waals surface area contributed by atoms with Crippen molar-refractivity contribution in [3.63, 3.8) is 0 Å². The van der Waals surface area contributed by atoms with E-state index >= 15 is 0 Å². The van der Waals surface area contributed by atoms with Crippen molar-refractivity contribution in [3.05, 3.63) is 29.8 Å². The van der Waals surface area contributed by atoms with Crippen LogP contribution in [0.3, 0.4) is 0 Å². The molecule has 0 spiro atoms. The number of nitrogens with one attached hydrogen (secondary N) is 1. The Morgan fingerprint density at radius 2 is 2.08 bits per heavy atom. The van der Waals surface area contributed by atoms with Crippen molar-refractivity contribution in [2.24, 2.45) is 0 Å². The Bertz CT molecular complexity index is 663. The highest BCUT2D eigenvalue weighted by molar-refractivity contribution is 5.95. The van der Waals surface area contributed by atoms with Crippen LogP contribution >= 0.6 is 0 Å². The largest absolute Gasteiger partial charge is 0.336 e. The predicted octanol–water partition coefficient (Wildman–Crippen LogP) is 1.46. The van der Waals surface area contributed by atoms with Crippen LogP contribution in [0.2, 0.25) is 0 Å². The fourth-order valence-electron chi connectivity index (χ4n) is 4.31. The summed E-state index contributed by atoms with van der Waals surface area (Å²) in [5, 5.41) is 2.89. The highest BCUT2D eigenvalue weighted by atomic mass is 16.2. The second kappa shape index (κ2) is 7.04. The Labute approximate surface area is 148 Å². The van der Waals surface area contributed by atoms with Crippen molar-refractivity contribution >= 4 is 17.6 Å². The van der Waals surface area contributed by atoms with Crippen molar-refractivity contribution in [2.75, 3.05) is 44.2 Å². The van der Waals surface area contributed by atoms with Crippen LogP contribution in [0.5, 0.6) is 0 Å². The monoisotopic (exact) mass is 342 g/mol. The first kappa shape index (κ1) is 16.4. The predicted molar refractivity (Wildman–Crippen MR) is 96.7 cm³/mol. The molecule has 2 saturated heterocycles. The summed E-state index contributed by atoms with van der Waals surface area (Å²) >= 11 is 0. The molecule has 2 fully saturated rings. The van der Waals surface area contributed by atoms with Crippen LogP contribution in [-0.4, -0.2) is 67.0 Å². The molecule has 3 aliphatic heterocycles. The van der Waals surface area contributed by atoms with Gasteiger partial charge >= 0.3 is 6.03 Å². The lowest BCUT2D eigenvalue weighted by atomic mass is 10.0. The molecule has 4 rings (SSSR count). The van der Waals surface area contributed by atoms with Crippen LogP contribution < -0.4 is 10.2 Å². The fourth-order valence-corrected chi connectivity index (χ4v) is 4.31. The smallest absolute Gasteiger partial charge is 0.317 e. The number of urea groups is 1. The number of rotatable bonds is 4. The first-order valence-corrected chi connectivity index (χ1v) is 9.37. The van der Waals surface area contributed by atoms with E-state index in [-0.39, 0.29) is 11.9 Å². The van der Waals surface area contributed by atoms with Gasteiger partial charge in [0.1, 0.15) is 0 Å². The molecule has 3 heterocycles. The quantitative estimate of drug-likeness (QED) is 0.901. The zero-order valence-corrected chi connectivity index (χ0v) is 14.6. The van der Waals surface area contributed by atoms with Crippen molar-refractivity contribution in [3.8, 4) is 0 Å². The van der Waals surface area contributed by atoms with Gasteiger partial charge in [-0.3, -0.25) is 4.79 Å². The Morgan fingerprint density at radius 1 is 1.20 bits per heavy atom. The van der Waals surface area contributed by atoms with Gasteiger partial charge in [-0.15, -0.1) is 0 Å². The van der Waals surface area contributed by atoms with Crippen molar-refractivity contribution in [1.29, 1.82) is 0 Å². The first-order chi connectivity index (χ1) is 12.2. The molecule has 134 valence electrons. The van der Waals surface area contributed by atoms with Gasteiger partial charge in [0.15, 0.2) is 0 Å². The minimum absolute atomic E-state index is 0.0663. The molecule has 1 atom stereocenters. The van der Waals surface area contributed by atoms with E-state index < -0.39 is 0 Å². The Kier molecular flexibility index (Phi) is 4.61. The molecule has 0 radical (unpaired) electrons. The average molecular weight is 342 g/mol. The summed E-state index contributed by atoms with van der Waals surface area (Å²) in [4.78, 5) is 30.8. The lowest BCUT2D eigenvalue weighted by molar-refractivity contribution is -0.119. The van der Waals surface area contributed by atoms with Crippen LogP contribution in [0.25, 0.3) is 0 Å². The maximum Gasteiger partial charge on any atom is 0.317 e. The molecular formula is C19H26N4O2. The van der Waals surface area contributed by atoms with Gasteiger partial charge in [-0.05, 0) is 37.4 Å². The van der Waals surface area contributed by atoms with Crippen LogP contribution in [0.15, 0.2) is 24.3 Å². The van der Waals surface area contributed by atoms with Gasteiger partial charge < -0.3 is 20.0 Å². The van der Waals surface area contributed by atoms with Crippen LogP contribution in [-0.2, 0) is 11.2 Å². The lowest BCUT2D eigenvalue weighted by Gasteiger charge is -2.37. The zero-order chi connectivity index (χ0) is 17.2. The van der Waals surface area contributed by atoms with Gasteiger partial charge in [0.05, 0.1) is 0 Å². The van der Waals surface area contributed by atoms with E-state index in [2.05, 4.69) is 16.3 Å². The van der Waals surface area contributed by atoms with Gasteiger partial charge in [-0.1, -0.05) is 18.2 Å². The van der Waals surface area contributed by atoms with Crippen molar-refractivity contribution < 1.29 is 9.59 Å². The number of amides is 3. The van der Waals surface area contributed by atoms with Gasteiger partial charge in [0, 0.05) is 50.9 Å². The Balaban J connectivity index is 1.31. The topological polar surface area (TPSA) is 55.9 Å². The molecule has 0 aliphatic carbocycles. The SMILES string of the molecule is O=C(CCN1CCC[C@H](N2CCNC2=O)C1)N1CCc2ccccc21. The minimum atomic E-state index is 0.0663. The molecule has 0 saturated carbocycles. The van der Waals surface area contributed by atoms with Crippen LogP contribution in [0.1, 0.15) is 24.8 Å². The van der Waals surface area contributed by atoms with E-state index in [0.717, 1.165) is 64.2 Å². The number of para-hydroxylation sites is 1. The number of carbonyl (C=O) groups is 2. The molecule has 0 aromatic heterocycles. The fraction of sp³-hybridized carbons (Fsp3) is 0.579. The summed E-state index contributed by atoms with van der Waals surface area (Å²) < 4.78 is 0. The average Bonchev–Trinajstić information content (AvgIpc) is 3.26. The number of hydrogen-bond donors (Lipinski definition) is 1. The van der Waals surface area contributed by atoms with Gasteiger partial charge in [-0.25, -0.2) is 4.79 Å². The molecule has 3 amide bonds. The summed E-state index contributed by atoms with van der Waals surface area (Å²) in [5.41, 5.74) is 2.35. The third kappa shape index (κ3) is 3.35. The molecular weight excluding hydrogens is 316 g/mol. The summed E-state index contributed by atoms with van der Waals surface area (Å²) in [6.45, 7) is 5.05. The number of anilines is 1. The number of likely N-dealkylation sites (tertiary alicyclic amines) is 1. The van der Waals surface area contributed by atoms with Gasteiger partial charge in [0.25, 0.3) is 0 Å². The molecule has 1 aromatic carbocycles. The zero-order valence-electron chi connectivity index (χ0n) is 14.6. The number of benzene rings is 1. The second-order valence-electron chi connectivity index (χ2n) is 7.20. The molecule has 6 nitrogen and oxygen atoms in total. The number of carbonyl (C=O) groups excluding carboxylic acids is 2. The lowest BCUT2D eigenvalue weighted by Crippen LogP contribution is -2.49. The van der Waals surface area contributed by atoms with Crippen LogP contribution in [0.4, 0.5) is 10.5 Å².